The SMILES string of the molecule is Cc1ccc(SCC(=O)N2CCCC2(C)C(=O)O)c(C)c1. The number of thioether (sulfide) groups is 1. The number of carbonyl (C=O) groups excluding carboxylic acids is 1. The van der Waals surface area contributed by atoms with Crippen molar-refractivity contribution in [1.29, 1.82) is 0 Å². The van der Waals surface area contributed by atoms with Gasteiger partial charge < -0.3 is 10.0 Å². The number of likely N-dealkylation sites (tertiary alicyclic amines) is 1. The fraction of sp³-hybridized carbons (Fsp3) is 0.500. The van der Waals surface area contributed by atoms with Gasteiger partial charge in [-0.25, -0.2) is 4.79 Å². The summed E-state index contributed by atoms with van der Waals surface area (Å²) in [6, 6.07) is 6.13. The molecule has 1 unspecified atom stereocenters. The maximum absolute atomic E-state index is 12.4. The van der Waals surface area contributed by atoms with E-state index in [0.717, 1.165) is 16.9 Å². The molecule has 1 fully saturated rings. The first-order valence-electron chi connectivity index (χ1n) is 7.08. The molecule has 0 aliphatic carbocycles. The van der Waals surface area contributed by atoms with Gasteiger partial charge in [-0.05, 0) is 45.2 Å². The summed E-state index contributed by atoms with van der Waals surface area (Å²) in [4.78, 5) is 26.4. The Balaban J connectivity index is 2.03. The highest BCUT2D eigenvalue weighted by atomic mass is 32.2. The van der Waals surface area contributed by atoms with Crippen molar-refractivity contribution < 1.29 is 14.7 Å². The van der Waals surface area contributed by atoms with Crippen LogP contribution in [0.15, 0.2) is 23.1 Å². The van der Waals surface area contributed by atoms with Crippen molar-refractivity contribution in [3.63, 3.8) is 0 Å². The molecule has 4 nitrogen and oxygen atoms in total. The lowest BCUT2D eigenvalue weighted by molar-refractivity contribution is -0.154. The topological polar surface area (TPSA) is 57.6 Å². The van der Waals surface area contributed by atoms with Gasteiger partial charge in [-0.15, -0.1) is 11.8 Å². The first-order valence-corrected chi connectivity index (χ1v) is 8.07. The Kier molecular flexibility index (Phi) is 4.61. The average molecular weight is 307 g/mol. The first kappa shape index (κ1) is 15.9. The fourth-order valence-corrected chi connectivity index (χ4v) is 3.65. The summed E-state index contributed by atoms with van der Waals surface area (Å²) in [5.74, 6) is -0.723. The van der Waals surface area contributed by atoms with Crippen LogP contribution >= 0.6 is 11.8 Å². The van der Waals surface area contributed by atoms with Crippen molar-refractivity contribution in [2.75, 3.05) is 12.3 Å². The zero-order valence-corrected chi connectivity index (χ0v) is 13.5. The van der Waals surface area contributed by atoms with E-state index in [0.29, 0.717) is 13.0 Å². The molecule has 1 heterocycles. The average Bonchev–Trinajstić information content (AvgIpc) is 2.81. The summed E-state index contributed by atoms with van der Waals surface area (Å²) in [5, 5.41) is 9.35. The minimum Gasteiger partial charge on any atom is -0.480 e. The van der Waals surface area contributed by atoms with Crippen LogP contribution in [-0.4, -0.2) is 39.7 Å². The third-order valence-electron chi connectivity index (χ3n) is 4.08. The highest BCUT2D eigenvalue weighted by Gasteiger charge is 2.45. The van der Waals surface area contributed by atoms with Gasteiger partial charge in [0.15, 0.2) is 0 Å². The van der Waals surface area contributed by atoms with Crippen molar-refractivity contribution in [2.45, 2.75) is 44.0 Å². The Labute approximate surface area is 129 Å². The molecule has 1 aliphatic rings. The maximum atomic E-state index is 12.4. The number of benzene rings is 1. The summed E-state index contributed by atoms with van der Waals surface area (Å²) in [5.41, 5.74) is 1.30. The van der Waals surface area contributed by atoms with Gasteiger partial charge in [-0.1, -0.05) is 17.7 Å². The van der Waals surface area contributed by atoms with Crippen LogP contribution < -0.4 is 0 Å². The molecule has 1 aromatic carbocycles. The van der Waals surface area contributed by atoms with Crippen LogP contribution in [0.5, 0.6) is 0 Å². The van der Waals surface area contributed by atoms with Crippen LogP contribution in [0, 0.1) is 13.8 Å². The van der Waals surface area contributed by atoms with Crippen LogP contribution in [0.3, 0.4) is 0 Å². The number of hydrogen-bond donors (Lipinski definition) is 1. The molecule has 1 N–H and O–H groups in total. The molecule has 1 aliphatic heterocycles. The van der Waals surface area contributed by atoms with Gasteiger partial charge >= 0.3 is 5.97 Å². The molecule has 0 saturated carbocycles. The number of aliphatic carboxylic acids is 1. The van der Waals surface area contributed by atoms with E-state index in [1.807, 2.05) is 26.0 Å². The van der Waals surface area contributed by atoms with Gasteiger partial charge in [0.2, 0.25) is 5.91 Å². The van der Waals surface area contributed by atoms with Crippen LogP contribution in [0.25, 0.3) is 0 Å². The monoisotopic (exact) mass is 307 g/mol. The molecule has 0 bridgehead atoms. The van der Waals surface area contributed by atoms with Gasteiger partial charge in [-0.2, -0.15) is 0 Å². The number of carboxylic acid groups (broad SMARTS) is 1. The highest BCUT2D eigenvalue weighted by molar-refractivity contribution is 8.00. The predicted octanol–water partition coefficient (Wildman–Crippen LogP) is 2.86. The lowest BCUT2D eigenvalue weighted by Crippen LogP contribution is -2.51. The smallest absolute Gasteiger partial charge is 0.329 e. The van der Waals surface area contributed by atoms with E-state index in [-0.39, 0.29) is 11.7 Å². The Morgan fingerprint density at radius 2 is 2.10 bits per heavy atom. The third-order valence-corrected chi connectivity index (χ3v) is 5.24. The largest absolute Gasteiger partial charge is 0.480 e. The number of nitrogens with zero attached hydrogens (tertiary/aromatic N) is 1. The predicted molar refractivity (Wildman–Crippen MR) is 83.6 cm³/mol. The van der Waals surface area contributed by atoms with E-state index < -0.39 is 11.5 Å². The number of aryl methyl sites for hydroxylation is 2. The molecule has 2 rings (SSSR count). The van der Waals surface area contributed by atoms with Crippen LogP contribution in [0.1, 0.15) is 30.9 Å². The van der Waals surface area contributed by atoms with E-state index in [1.165, 1.54) is 22.2 Å². The summed E-state index contributed by atoms with van der Waals surface area (Å²) >= 11 is 1.48. The lowest BCUT2D eigenvalue weighted by Gasteiger charge is -2.31. The molecule has 1 amide bonds. The second-order valence-electron chi connectivity index (χ2n) is 5.79. The summed E-state index contributed by atoms with van der Waals surface area (Å²) in [6.07, 6.45) is 1.28. The van der Waals surface area contributed by atoms with Gasteiger partial charge in [0.25, 0.3) is 0 Å². The van der Waals surface area contributed by atoms with Gasteiger partial charge in [0.1, 0.15) is 5.54 Å². The molecule has 0 aromatic heterocycles. The lowest BCUT2D eigenvalue weighted by atomic mass is 9.99. The molecular formula is C16H21NO3S. The van der Waals surface area contributed by atoms with E-state index >= 15 is 0 Å². The summed E-state index contributed by atoms with van der Waals surface area (Å²) in [6.45, 7) is 6.24. The molecule has 5 heteroatoms. The highest BCUT2D eigenvalue weighted by Crippen LogP contribution is 2.31. The van der Waals surface area contributed by atoms with Crippen molar-refractivity contribution in [3.8, 4) is 0 Å². The molecule has 1 aromatic rings. The van der Waals surface area contributed by atoms with E-state index in [4.69, 9.17) is 0 Å². The zero-order chi connectivity index (χ0) is 15.6. The number of carboxylic acids is 1. The summed E-state index contributed by atoms with van der Waals surface area (Å²) < 4.78 is 0. The molecule has 0 radical (unpaired) electrons. The molecular weight excluding hydrogens is 286 g/mol. The van der Waals surface area contributed by atoms with E-state index in [9.17, 15) is 14.7 Å². The fourth-order valence-electron chi connectivity index (χ4n) is 2.76. The van der Waals surface area contributed by atoms with E-state index in [2.05, 4.69) is 6.07 Å². The molecule has 0 spiro atoms. The normalized spacial score (nSPS) is 21.6. The summed E-state index contributed by atoms with van der Waals surface area (Å²) in [7, 11) is 0. The minimum absolute atomic E-state index is 0.0950. The number of rotatable bonds is 4. The van der Waals surface area contributed by atoms with Crippen molar-refractivity contribution in [3.05, 3.63) is 29.3 Å². The van der Waals surface area contributed by atoms with Crippen LogP contribution in [0.4, 0.5) is 0 Å². The molecule has 114 valence electrons. The van der Waals surface area contributed by atoms with Gasteiger partial charge in [0, 0.05) is 11.4 Å². The van der Waals surface area contributed by atoms with Crippen LogP contribution in [0.2, 0.25) is 0 Å². The zero-order valence-electron chi connectivity index (χ0n) is 12.7. The Morgan fingerprint density at radius 1 is 1.38 bits per heavy atom. The second kappa shape index (κ2) is 6.10. The third kappa shape index (κ3) is 3.23. The van der Waals surface area contributed by atoms with Crippen LogP contribution in [-0.2, 0) is 9.59 Å². The molecule has 1 atom stereocenters. The number of carbonyl (C=O) groups is 2. The number of hydrogen-bond acceptors (Lipinski definition) is 3. The van der Waals surface area contributed by atoms with Gasteiger partial charge in [-0.3, -0.25) is 4.79 Å². The van der Waals surface area contributed by atoms with Crippen molar-refractivity contribution in [1.82, 2.24) is 4.90 Å². The van der Waals surface area contributed by atoms with Crippen molar-refractivity contribution >= 4 is 23.6 Å². The Bertz CT molecular complexity index is 573. The Morgan fingerprint density at radius 3 is 2.71 bits per heavy atom. The Hall–Kier alpha value is -1.49. The minimum atomic E-state index is -1.04. The first-order chi connectivity index (χ1) is 9.84. The standard InChI is InChI=1S/C16H21NO3S/c1-11-5-6-13(12(2)9-11)21-10-14(18)17-8-4-7-16(17,3)15(19)20/h5-6,9H,4,7-8,10H2,1-3H3,(H,19,20). The maximum Gasteiger partial charge on any atom is 0.329 e. The number of amides is 1. The van der Waals surface area contributed by atoms with E-state index in [1.54, 1.807) is 6.92 Å². The molecule has 1 saturated heterocycles. The van der Waals surface area contributed by atoms with Gasteiger partial charge in [0.05, 0.1) is 5.75 Å². The molecule has 21 heavy (non-hydrogen) atoms. The second-order valence-corrected chi connectivity index (χ2v) is 6.80. The quantitative estimate of drug-likeness (QED) is 0.869. The van der Waals surface area contributed by atoms with Crippen molar-refractivity contribution in [2.24, 2.45) is 0 Å².